The number of carbonyl (C=O) groups excluding carboxylic acids is 3. The van der Waals surface area contributed by atoms with Crippen LogP contribution >= 0.6 is 11.3 Å². The Balaban J connectivity index is 1.53. The molecule has 1 aromatic heterocycles. The summed E-state index contributed by atoms with van der Waals surface area (Å²) in [7, 11) is 0. The van der Waals surface area contributed by atoms with Crippen LogP contribution in [0.5, 0.6) is 5.75 Å². The molecule has 2 aromatic rings. The van der Waals surface area contributed by atoms with Gasteiger partial charge in [0.05, 0.1) is 10.6 Å². The first kappa shape index (κ1) is 16.0. The van der Waals surface area contributed by atoms with Crippen molar-refractivity contribution in [2.75, 3.05) is 18.1 Å². The van der Waals surface area contributed by atoms with Crippen molar-refractivity contribution in [2.24, 2.45) is 0 Å². The van der Waals surface area contributed by atoms with Crippen LogP contribution in [0.1, 0.15) is 16.1 Å². The van der Waals surface area contributed by atoms with Crippen molar-refractivity contribution < 1.29 is 19.1 Å². The SMILES string of the molecule is O=C(CCN1C(=O)COc2ccccc21)NNC(=O)c1cccs1. The molecule has 0 fully saturated rings. The zero-order valence-corrected chi connectivity index (χ0v) is 13.5. The van der Waals surface area contributed by atoms with E-state index in [-0.39, 0.29) is 37.3 Å². The number of anilines is 1. The molecule has 3 amide bonds. The van der Waals surface area contributed by atoms with Crippen molar-refractivity contribution in [3.63, 3.8) is 0 Å². The quantitative estimate of drug-likeness (QED) is 0.818. The van der Waals surface area contributed by atoms with E-state index in [0.29, 0.717) is 16.3 Å². The van der Waals surface area contributed by atoms with Crippen molar-refractivity contribution in [3.8, 4) is 5.75 Å². The standard InChI is InChI=1S/C16H15N3O4S/c20-14(17-18-16(22)13-6-3-9-24-13)7-8-19-11-4-1-2-5-12(11)23-10-15(19)21/h1-6,9H,7-8,10H2,(H,17,20)(H,18,22). The summed E-state index contributed by atoms with van der Waals surface area (Å²) >= 11 is 1.28. The Labute approximate surface area is 142 Å². The lowest BCUT2D eigenvalue weighted by molar-refractivity contribution is -0.122. The summed E-state index contributed by atoms with van der Waals surface area (Å²) in [5, 5.41) is 1.78. The molecule has 3 rings (SSSR count). The van der Waals surface area contributed by atoms with Crippen molar-refractivity contribution in [1.82, 2.24) is 10.9 Å². The number of ether oxygens (including phenoxy) is 1. The highest BCUT2D eigenvalue weighted by Crippen LogP contribution is 2.31. The van der Waals surface area contributed by atoms with Crippen LogP contribution in [0.4, 0.5) is 5.69 Å². The van der Waals surface area contributed by atoms with Gasteiger partial charge >= 0.3 is 0 Å². The Kier molecular flexibility index (Phi) is 4.76. The van der Waals surface area contributed by atoms with Crippen molar-refractivity contribution in [1.29, 1.82) is 0 Å². The van der Waals surface area contributed by atoms with Gasteiger partial charge in [0.1, 0.15) is 5.75 Å². The van der Waals surface area contributed by atoms with E-state index in [0.717, 1.165) is 0 Å². The summed E-state index contributed by atoms with van der Waals surface area (Å²) in [6, 6.07) is 10.6. The lowest BCUT2D eigenvalue weighted by atomic mass is 10.2. The molecule has 1 aliphatic heterocycles. The summed E-state index contributed by atoms with van der Waals surface area (Å²) in [5.41, 5.74) is 5.34. The first-order valence-corrected chi connectivity index (χ1v) is 8.18. The molecule has 0 aliphatic carbocycles. The topological polar surface area (TPSA) is 87.7 Å². The van der Waals surface area contributed by atoms with Crippen LogP contribution in [-0.2, 0) is 9.59 Å². The molecular weight excluding hydrogens is 330 g/mol. The van der Waals surface area contributed by atoms with Crippen molar-refractivity contribution >= 4 is 34.7 Å². The van der Waals surface area contributed by atoms with Crippen LogP contribution in [0.15, 0.2) is 41.8 Å². The van der Waals surface area contributed by atoms with Gasteiger partial charge in [0.2, 0.25) is 5.91 Å². The minimum Gasteiger partial charge on any atom is -0.482 e. The Morgan fingerprint density at radius 3 is 2.79 bits per heavy atom. The van der Waals surface area contributed by atoms with E-state index < -0.39 is 0 Å². The van der Waals surface area contributed by atoms with Gasteiger partial charge in [-0.05, 0) is 23.6 Å². The van der Waals surface area contributed by atoms with Crippen molar-refractivity contribution in [2.45, 2.75) is 6.42 Å². The predicted octanol–water partition coefficient (Wildman–Crippen LogP) is 1.32. The van der Waals surface area contributed by atoms with E-state index in [1.807, 2.05) is 6.07 Å². The highest BCUT2D eigenvalue weighted by atomic mass is 32.1. The Bertz CT molecular complexity index is 760. The molecule has 0 bridgehead atoms. The molecule has 24 heavy (non-hydrogen) atoms. The second kappa shape index (κ2) is 7.14. The first-order chi connectivity index (χ1) is 11.6. The molecule has 0 saturated carbocycles. The smallest absolute Gasteiger partial charge is 0.279 e. The lowest BCUT2D eigenvalue weighted by Gasteiger charge is -2.29. The second-order valence-corrected chi connectivity index (χ2v) is 5.98. The van der Waals surface area contributed by atoms with Crippen LogP contribution < -0.4 is 20.5 Å². The van der Waals surface area contributed by atoms with Gasteiger partial charge in [-0.2, -0.15) is 0 Å². The number of hydrogen-bond acceptors (Lipinski definition) is 5. The molecule has 0 unspecified atom stereocenters. The van der Waals surface area contributed by atoms with Crippen LogP contribution in [0.25, 0.3) is 0 Å². The van der Waals surface area contributed by atoms with Gasteiger partial charge in [-0.15, -0.1) is 11.3 Å². The molecule has 1 aliphatic rings. The van der Waals surface area contributed by atoms with Gasteiger partial charge in [0, 0.05) is 13.0 Å². The normalized spacial score (nSPS) is 13.0. The Morgan fingerprint density at radius 2 is 2.00 bits per heavy atom. The van der Waals surface area contributed by atoms with Gasteiger partial charge in [0.25, 0.3) is 11.8 Å². The van der Waals surface area contributed by atoms with Gasteiger partial charge in [-0.3, -0.25) is 25.2 Å². The second-order valence-electron chi connectivity index (χ2n) is 5.03. The molecule has 0 atom stereocenters. The van der Waals surface area contributed by atoms with E-state index in [9.17, 15) is 14.4 Å². The molecule has 0 saturated heterocycles. The average Bonchev–Trinajstić information content (AvgIpc) is 3.13. The molecule has 7 nitrogen and oxygen atoms in total. The average molecular weight is 345 g/mol. The van der Waals surface area contributed by atoms with E-state index in [1.54, 1.807) is 35.7 Å². The van der Waals surface area contributed by atoms with E-state index in [4.69, 9.17) is 4.74 Å². The number of nitrogens with zero attached hydrogens (tertiary/aromatic N) is 1. The first-order valence-electron chi connectivity index (χ1n) is 7.30. The number of amides is 3. The molecule has 0 spiro atoms. The number of hydrazine groups is 1. The number of rotatable bonds is 4. The van der Waals surface area contributed by atoms with Gasteiger partial charge in [-0.1, -0.05) is 18.2 Å². The summed E-state index contributed by atoms with van der Waals surface area (Å²) in [5.74, 6) is -0.338. The summed E-state index contributed by atoms with van der Waals surface area (Å²) < 4.78 is 5.35. The monoisotopic (exact) mass is 345 g/mol. The zero-order chi connectivity index (χ0) is 16.9. The maximum atomic E-state index is 12.0. The summed E-state index contributed by atoms with van der Waals surface area (Å²) in [6.07, 6.45) is 0.0603. The van der Waals surface area contributed by atoms with E-state index >= 15 is 0 Å². The largest absolute Gasteiger partial charge is 0.482 e. The number of para-hydroxylation sites is 2. The Morgan fingerprint density at radius 1 is 1.17 bits per heavy atom. The highest BCUT2D eigenvalue weighted by Gasteiger charge is 2.25. The zero-order valence-electron chi connectivity index (χ0n) is 12.7. The third-order valence-corrected chi connectivity index (χ3v) is 4.30. The molecular formula is C16H15N3O4S. The predicted molar refractivity (Wildman–Crippen MR) is 88.8 cm³/mol. The maximum absolute atomic E-state index is 12.0. The van der Waals surface area contributed by atoms with Gasteiger partial charge in [0.15, 0.2) is 6.61 Å². The Hall–Kier alpha value is -2.87. The summed E-state index contributed by atoms with van der Waals surface area (Å²) in [6.45, 7) is 0.160. The van der Waals surface area contributed by atoms with Crippen molar-refractivity contribution in [3.05, 3.63) is 46.7 Å². The highest BCUT2D eigenvalue weighted by molar-refractivity contribution is 7.12. The summed E-state index contributed by atoms with van der Waals surface area (Å²) in [4.78, 5) is 37.6. The molecule has 2 N–H and O–H groups in total. The molecule has 2 heterocycles. The lowest BCUT2D eigenvalue weighted by Crippen LogP contribution is -2.44. The van der Waals surface area contributed by atoms with E-state index in [1.165, 1.54) is 16.2 Å². The number of fused-ring (bicyclic) bond motifs is 1. The van der Waals surface area contributed by atoms with Crippen LogP contribution in [0, 0.1) is 0 Å². The fraction of sp³-hybridized carbons (Fsp3) is 0.188. The van der Waals surface area contributed by atoms with Crippen LogP contribution in [0.2, 0.25) is 0 Å². The number of thiophene rings is 1. The molecule has 1 aromatic carbocycles. The molecule has 8 heteroatoms. The minimum absolute atomic E-state index is 0.0479. The van der Waals surface area contributed by atoms with Crippen LogP contribution in [0.3, 0.4) is 0 Å². The maximum Gasteiger partial charge on any atom is 0.279 e. The minimum atomic E-state index is -0.378. The number of nitrogens with one attached hydrogen (secondary N) is 2. The third-order valence-electron chi connectivity index (χ3n) is 3.43. The van der Waals surface area contributed by atoms with Gasteiger partial charge < -0.3 is 9.64 Å². The molecule has 0 radical (unpaired) electrons. The van der Waals surface area contributed by atoms with E-state index in [2.05, 4.69) is 10.9 Å². The van der Waals surface area contributed by atoms with Gasteiger partial charge in [-0.25, -0.2) is 0 Å². The fourth-order valence-corrected chi connectivity index (χ4v) is 2.89. The third kappa shape index (κ3) is 3.54. The number of carbonyl (C=O) groups is 3. The number of benzene rings is 1. The molecule has 124 valence electrons. The van der Waals surface area contributed by atoms with Crippen LogP contribution in [-0.4, -0.2) is 30.9 Å². The number of hydrogen-bond donors (Lipinski definition) is 2. The fourth-order valence-electron chi connectivity index (χ4n) is 2.27.